The van der Waals surface area contributed by atoms with Gasteiger partial charge in [0.25, 0.3) is 0 Å². The van der Waals surface area contributed by atoms with Crippen molar-refractivity contribution in [3.05, 3.63) is 53.6 Å². The molecule has 2 aromatic carbocycles. The Bertz CT molecular complexity index is 884. The lowest BCUT2D eigenvalue weighted by Crippen LogP contribution is -2.37. The quantitative estimate of drug-likeness (QED) is 0.824. The number of aliphatic hydroxyl groups excluding tert-OH is 1. The van der Waals surface area contributed by atoms with Crippen LogP contribution in [0.15, 0.2) is 52.3 Å². The van der Waals surface area contributed by atoms with E-state index in [1.807, 2.05) is 11.8 Å². The topological polar surface area (TPSA) is 49.8 Å². The number of nitrogens with zero attached hydrogens (tertiary/aromatic N) is 1. The first-order chi connectivity index (χ1) is 13.5. The molecule has 2 atom stereocenters. The molecule has 5 heteroatoms. The minimum Gasteiger partial charge on any atom is -0.393 e. The molecule has 0 spiro atoms. The van der Waals surface area contributed by atoms with Crippen LogP contribution < -0.4 is 4.90 Å². The summed E-state index contributed by atoms with van der Waals surface area (Å²) in [5.41, 5.74) is 2.96. The SMILES string of the molecule is CCN1C(=O)CCc2cc(Sc3cccc(C4(C)CC(O)CCO4)c3)ccc21. The zero-order chi connectivity index (χ0) is 19.7. The molecular formula is C23H27NO3S. The van der Waals surface area contributed by atoms with Gasteiger partial charge in [-0.05, 0) is 68.1 Å². The molecule has 4 nitrogen and oxygen atoms in total. The van der Waals surface area contributed by atoms with E-state index in [4.69, 9.17) is 4.74 Å². The van der Waals surface area contributed by atoms with E-state index in [0.717, 1.165) is 22.6 Å². The van der Waals surface area contributed by atoms with Crippen molar-refractivity contribution in [2.24, 2.45) is 0 Å². The summed E-state index contributed by atoms with van der Waals surface area (Å²) in [4.78, 5) is 16.3. The molecule has 0 saturated carbocycles. The highest BCUT2D eigenvalue weighted by molar-refractivity contribution is 7.99. The lowest BCUT2D eigenvalue weighted by molar-refractivity contribution is -0.118. The summed E-state index contributed by atoms with van der Waals surface area (Å²) in [5, 5.41) is 10.1. The summed E-state index contributed by atoms with van der Waals surface area (Å²) < 4.78 is 6.03. The van der Waals surface area contributed by atoms with Crippen molar-refractivity contribution < 1.29 is 14.6 Å². The van der Waals surface area contributed by atoms with Crippen LogP contribution in [0.5, 0.6) is 0 Å². The van der Waals surface area contributed by atoms with Gasteiger partial charge in [0.05, 0.1) is 18.3 Å². The average molecular weight is 398 g/mol. The van der Waals surface area contributed by atoms with Crippen LogP contribution in [0.25, 0.3) is 0 Å². The highest BCUT2D eigenvalue weighted by Gasteiger charge is 2.34. The number of aryl methyl sites for hydroxylation is 1. The fourth-order valence-electron chi connectivity index (χ4n) is 4.20. The van der Waals surface area contributed by atoms with Gasteiger partial charge in [-0.1, -0.05) is 23.9 Å². The van der Waals surface area contributed by atoms with Crippen LogP contribution in [0.1, 0.15) is 44.2 Å². The van der Waals surface area contributed by atoms with Crippen molar-refractivity contribution >= 4 is 23.4 Å². The summed E-state index contributed by atoms with van der Waals surface area (Å²) in [7, 11) is 0. The fourth-order valence-corrected chi connectivity index (χ4v) is 5.15. The number of carbonyl (C=O) groups is 1. The minimum atomic E-state index is -0.438. The van der Waals surface area contributed by atoms with Crippen LogP contribution >= 0.6 is 11.8 Å². The third kappa shape index (κ3) is 3.84. The van der Waals surface area contributed by atoms with Crippen LogP contribution in [0.2, 0.25) is 0 Å². The molecule has 1 saturated heterocycles. The molecule has 0 aliphatic carbocycles. The van der Waals surface area contributed by atoms with E-state index in [1.54, 1.807) is 11.8 Å². The largest absolute Gasteiger partial charge is 0.393 e. The first kappa shape index (κ1) is 19.5. The van der Waals surface area contributed by atoms with Crippen molar-refractivity contribution in [1.82, 2.24) is 0 Å². The second-order valence-corrected chi connectivity index (χ2v) is 8.93. The van der Waals surface area contributed by atoms with E-state index in [2.05, 4.69) is 49.4 Å². The Morgan fingerprint density at radius 2 is 2.04 bits per heavy atom. The summed E-state index contributed by atoms with van der Waals surface area (Å²) in [6.45, 7) is 5.39. The summed E-state index contributed by atoms with van der Waals surface area (Å²) in [6.07, 6.45) is 2.42. The summed E-state index contributed by atoms with van der Waals surface area (Å²) in [5.74, 6) is 0.214. The van der Waals surface area contributed by atoms with E-state index in [0.29, 0.717) is 32.4 Å². The molecule has 2 aliphatic rings. The molecular weight excluding hydrogens is 370 g/mol. The molecule has 1 amide bonds. The van der Waals surface area contributed by atoms with Crippen LogP contribution in [0.3, 0.4) is 0 Å². The Morgan fingerprint density at radius 3 is 2.82 bits per heavy atom. The second-order valence-electron chi connectivity index (χ2n) is 7.78. The monoisotopic (exact) mass is 397 g/mol. The van der Waals surface area contributed by atoms with Crippen molar-refractivity contribution in [3.8, 4) is 0 Å². The Morgan fingerprint density at radius 1 is 1.21 bits per heavy atom. The average Bonchev–Trinajstić information content (AvgIpc) is 2.68. The predicted octanol–water partition coefficient (Wildman–Crippen LogP) is 4.52. The van der Waals surface area contributed by atoms with E-state index in [-0.39, 0.29) is 12.0 Å². The fraction of sp³-hybridized carbons (Fsp3) is 0.435. The molecule has 1 fully saturated rings. The Balaban J connectivity index is 1.56. The number of benzene rings is 2. The van der Waals surface area contributed by atoms with Crippen LogP contribution in [-0.2, 0) is 21.6 Å². The molecule has 2 unspecified atom stereocenters. The minimum absolute atomic E-state index is 0.214. The number of carbonyl (C=O) groups excluding carboxylic acids is 1. The number of aliphatic hydroxyl groups is 1. The lowest BCUT2D eigenvalue weighted by atomic mass is 9.87. The van der Waals surface area contributed by atoms with Crippen molar-refractivity contribution in [2.45, 2.75) is 61.0 Å². The second kappa shape index (κ2) is 7.90. The number of hydrogen-bond acceptors (Lipinski definition) is 4. The molecule has 4 rings (SSSR count). The van der Waals surface area contributed by atoms with Gasteiger partial charge in [0.1, 0.15) is 0 Å². The molecule has 0 bridgehead atoms. The molecule has 0 aromatic heterocycles. The van der Waals surface area contributed by atoms with Gasteiger partial charge in [-0.15, -0.1) is 0 Å². The van der Waals surface area contributed by atoms with E-state index < -0.39 is 5.60 Å². The maximum absolute atomic E-state index is 12.1. The molecule has 2 aromatic rings. The van der Waals surface area contributed by atoms with Crippen molar-refractivity contribution in [1.29, 1.82) is 0 Å². The first-order valence-electron chi connectivity index (χ1n) is 10.0. The van der Waals surface area contributed by atoms with Gasteiger partial charge in [0.15, 0.2) is 0 Å². The van der Waals surface area contributed by atoms with Crippen molar-refractivity contribution in [3.63, 3.8) is 0 Å². The molecule has 2 heterocycles. The van der Waals surface area contributed by atoms with Gasteiger partial charge in [-0.3, -0.25) is 4.79 Å². The van der Waals surface area contributed by atoms with E-state index in [1.165, 1.54) is 10.5 Å². The van der Waals surface area contributed by atoms with E-state index >= 15 is 0 Å². The molecule has 148 valence electrons. The van der Waals surface area contributed by atoms with Crippen LogP contribution in [-0.4, -0.2) is 30.3 Å². The molecule has 28 heavy (non-hydrogen) atoms. The third-order valence-electron chi connectivity index (χ3n) is 5.74. The smallest absolute Gasteiger partial charge is 0.227 e. The zero-order valence-electron chi connectivity index (χ0n) is 16.5. The maximum Gasteiger partial charge on any atom is 0.227 e. The highest BCUT2D eigenvalue weighted by Crippen LogP contribution is 2.39. The highest BCUT2D eigenvalue weighted by atomic mass is 32.2. The number of ether oxygens (including phenoxy) is 1. The lowest BCUT2D eigenvalue weighted by Gasteiger charge is -2.37. The normalized spacial score (nSPS) is 24.9. The number of amides is 1. The summed E-state index contributed by atoms with van der Waals surface area (Å²) >= 11 is 1.73. The van der Waals surface area contributed by atoms with Gasteiger partial charge in [-0.25, -0.2) is 0 Å². The summed E-state index contributed by atoms with van der Waals surface area (Å²) in [6, 6.07) is 14.8. The Labute approximate surface area is 170 Å². The Kier molecular flexibility index (Phi) is 5.50. The first-order valence-corrected chi connectivity index (χ1v) is 10.8. The standard InChI is InChI=1S/C23H27NO3S/c1-3-24-21-9-8-20(13-16(21)7-10-22(24)26)28-19-6-4-5-17(14-19)23(2)15-18(25)11-12-27-23/h4-6,8-9,13-14,18,25H,3,7,10-12,15H2,1-2H3. The van der Waals surface area contributed by atoms with Crippen LogP contribution in [0, 0.1) is 0 Å². The maximum atomic E-state index is 12.1. The van der Waals surface area contributed by atoms with Crippen LogP contribution in [0.4, 0.5) is 5.69 Å². The van der Waals surface area contributed by atoms with Gasteiger partial charge in [0, 0.05) is 34.9 Å². The van der Waals surface area contributed by atoms with Gasteiger partial charge >= 0.3 is 0 Å². The van der Waals surface area contributed by atoms with Gasteiger partial charge in [0.2, 0.25) is 5.91 Å². The van der Waals surface area contributed by atoms with Gasteiger partial charge in [-0.2, -0.15) is 0 Å². The van der Waals surface area contributed by atoms with Gasteiger partial charge < -0.3 is 14.7 Å². The molecule has 2 aliphatic heterocycles. The molecule has 0 radical (unpaired) electrons. The molecule has 1 N–H and O–H groups in total. The number of fused-ring (bicyclic) bond motifs is 1. The predicted molar refractivity (Wildman–Crippen MR) is 112 cm³/mol. The third-order valence-corrected chi connectivity index (χ3v) is 6.72. The number of rotatable bonds is 4. The van der Waals surface area contributed by atoms with E-state index in [9.17, 15) is 9.90 Å². The Hall–Kier alpha value is -1.82. The number of hydrogen-bond donors (Lipinski definition) is 1. The van der Waals surface area contributed by atoms with Crippen molar-refractivity contribution in [2.75, 3.05) is 18.1 Å². The number of anilines is 1. The zero-order valence-corrected chi connectivity index (χ0v) is 17.3.